The van der Waals surface area contributed by atoms with E-state index in [-0.39, 0.29) is 5.75 Å². The molecule has 1 heterocycles. The number of rotatable bonds is 1. The van der Waals surface area contributed by atoms with Crippen LogP contribution in [0.1, 0.15) is 0 Å². The molecule has 0 aliphatic carbocycles. The summed E-state index contributed by atoms with van der Waals surface area (Å²) in [5.74, 6) is -0.193. The van der Waals surface area contributed by atoms with Gasteiger partial charge in [-0.15, -0.1) is 13.2 Å². The molecule has 0 aliphatic rings. The molecule has 1 aromatic carbocycles. The van der Waals surface area contributed by atoms with Crippen molar-refractivity contribution in [2.75, 3.05) is 0 Å². The second-order valence-corrected chi connectivity index (χ2v) is 3.20. The molecule has 0 spiro atoms. The highest BCUT2D eigenvalue weighted by molar-refractivity contribution is 5.81. The van der Waals surface area contributed by atoms with E-state index in [9.17, 15) is 13.2 Å². The van der Waals surface area contributed by atoms with Gasteiger partial charge >= 0.3 is 6.36 Å². The molecule has 1 aromatic heterocycles. The summed E-state index contributed by atoms with van der Waals surface area (Å²) in [5, 5.41) is 0.722. The fraction of sp³-hybridized carbons (Fsp3) is 0.200. The van der Waals surface area contributed by atoms with Crippen molar-refractivity contribution in [2.45, 2.75) is 6.36 Å². The molecule has 0 atom stereocenters. The molecule has 2 aromatic rings. The molecule has 0 fully saturated rings. The van der Waals surface area contributed by atoms with Crippen LogP contribution in [0.15, 0.2) is 30.5 Å². The average molecular weight is 215 g/mol. The number of ether oxygens (including phenoxy) is 1. The second-order valence-electron chi connectivity index (χ2n) is 3.20. The van der Waals surface area contributed by atoms with E-state index in [2.05, 4.69) is 4.74 Å². The summed E-state index contributed by atoms with van der Waals surface area (Å²) in [6.45, 7) is 0. The number of nitrogens with zero attached hydrogens (tertiary/aromatic N) is 1. The Balaban J connectivity index is 2.39. The third-order valence-corrected chi connectivity index (χ3v) is 2.09. The van der Waals surface area contributed by atoms with E-state index in [0.717, 1.165) is 10.9 Å². The summed E-state index contributed by atoms with van der Waals surface area (Å²) in [4.78, 5) is 0. The van der Waals surface area contributed by atoms with E-state index in [4.69, 9.17) is 0 Å². The van der Waals surface area contributed by atoms with Gasteiger partial charge in [0.2, 0.25) is 0 Å². The fourth-order valence-electron chi connectivity index (χ4n) is 1.46. The highest BCUT2D eigenvalue weighted by Crippen LogP contribution is 2.26. The molecule has 0 N–H and O–H groups in total. The van der Waals surface area contributed by atoms with Gasteiger partial charge in [0.1, 0.15) is 5.75 Å². The summed E-state index contributed by atoms with van der Waals surface area (Å²) < 4.78 is 41.4. The fourth-order valence-corrected chi connectivity index (χ4v) is 1.46. The van der Waals surface area contributed by atoms with Crippen molar-refractivity contribution in [2.24, 2.45) is 7.05 Å². The molecular weight excluding hydrogens is 207 g/mol. The van der Waals surface area contributed by atoms with Crippen LogP contribution in [-0.4, -0.2) is 10.9 Å². The standard InChI is InChI=1S/C10H8F3NO/c1-14-5-4-7-6-8(2-3-9(7)14)15-10(11,12)13/h2-6H,1H3. The predicted octanol–water partition coefficient (Wildman–Crippen LogP) is 3.08. The topological polar surface area (TPSA) is 14.2 Å². The van der Waals surface area contributed by atoms with Crippen molar-refractivity contribution < 1.29 is 17.9 Å². The van der Waals surface area contributed by atoms with Crippen LogP contribution in [0, 0.1) is 0 Å². The molecule has 0 aliphatic heterocycles. The maximum Gasteiger partial charge on any atom is 0.573 e. The van der Waals surface area contributed by atoms with Crippen LogP contribution < -0.4 is 4.74 Å². The lowest BCUT2D eigenvalue weighted by atomic mass is 10.2. The lowest BCUT2D eigenvalue weighted by Gasteiger charge is -2.08. The summed E-state index contributed by atoms with van der Waals surface area (Å²) >= 11 is 0. The lowest BCUT2D eigenvalue weighted by molar-refractivity contribution is -0.274. The SMILES string of the molecule is Cn1ccc2cc(OC(F)(F)F)ccc21. The third kappa shape index (κ3) is 2.06. The third-order valence-electron chi connectivity index (χ3n) is 2.09. The summed E-state index contributed by atoms with van der Waals surface area (Å²) in [5.41, 5.74) is 0.865. The van der Waals surface area contributed by atoms with Crippen LogP contribution in [0.25, 0.3) is 10.9 Å². The Bertz CT molecular complexity index is 487. The molecule has 2 rings (SSSR count). The molecule has 0 bridgehead atoms. The highest BCUT2D eigenvalue weighted by Gasteiger charge is 2.31. The first-order valence-corrected chi connectivity index (χ1v) is 4.26. The van der Waals surface area contributed by atoms with Crippen LogP contribution in [-0.2, 0) is 7.05 Å². The molecular formula is C10H8F3NO. The van der Waals surface area contributed by atoms with E-state index >= 15 is 0 Å². The summed E-state index contributed by atoms with van der Waals surface area (Å²) in [6.07, 6.45) is -2.86. The Morgan fingerprint density at radius 1 is 1.20 bits per heavy atom. The molecule has 0 unspecified atom stereocenters. The van der Waals surface area contributed by atoms with E-state index in [1.54, 1.807) is 18.3 Å². The van der Waals surface area contributed by atoms with Crippen LogP contribution in [0.5, 0.6) is 5.75 Å². The molecule has 15 heavy (non-hydrogen) atoms. The summed E-state index contributed by atoms with van der Waals surface area (Å²) in [7, 11) is 1.83. The van der Waals surface area contributed by atoms with Gasteiger partial charge in [0.05, 0.1) is 0 Å². The minimum Gasteiger partial charge on any atom is -0.406 e. The van der Waals surface area contributed by atoms with E-state index in [0.29, 0.717) is 0 Å². The molecule has 5 heteroatoms. The number of aryl methyl sites for hydroxylation is 1. The molecule has 0 saturated heterocycles. The zero-order valence-corrected chi connectivity index (χ0v) is 7.88. The molecule has 0 amide bonds. The van der Waals surface area contributed by atoms with Gasteiger partial charge in [-0.3, -0.25) is 0 Å². The van der Waals surface area contributed by atoms with Gasteiger partial charge in [0.15, 0.2) is 0 Å². The molecule has 80 valence electrons. The molecule has 0 saturated carbocycles. The summed E-state index contributed by atoms with van der Waals surface area (Å²) in [6, 6.07) is 5.99. The number of aromatic nitrogens is 1. The van der Waals surface area contributed by atoms with Gasteiger partial charge in [0.25, 0.3) is 0 Å². The zero-order chi connectivity index (χ0) is 11.1. The normalized spacial score (nSPS) is 12.0. The number of benzene rings is 1. The number of alkyl halides is 3. The first-order chi connectivity index (χ1) is 6.96. The number of halogens is 3. The Labute approximate surface area is 83.9 Å². The van der Waals surface area contributed by atoms with Gasteiger partial charge in [-0.25, -0.2) is 0 Å². The Morgan fingerprint density at radius 3 is 2.60 bits per heavy atom. The Kier molecular flexibility index (Phi) is 2.10. The minimum atomic E-state index is -4.64. The minimum absolute atomic E-state index is 0.193. The Hall–Kier alpha value is -1.65. The van der Waals surface area contributed by atoms with Crippen LogP contribution in [0.3, 0.4) is 0 Å². The number of hydrogen-bond donors (Lipinski definition) is 0. The first kappa shape index (κ1) is 9.89. The Morgan fingerprint density at radius 2 is 1.93 bits per heavy atom. The van der Waals surface area contributed by atoms with Gasteiger partial charge in [-0.2, -0.15) is 0 Å². The van der Waals surface area contributed by atoms with E-state index < -0.39 is 6.36 Å². The first-order valence-electron chi connectivity index (χ1n) is 4.26. The van der Waals surface area contributed by atoms with Crippen molar-refractivity contribution in [3.05, 3.63) is 30.5 Å². The maximum atomic E-state index is 11.9. The van der Waals surface area contributed by atoms with Crippen LogP contribution >= 0.6 is 0 Å². The van der Waals surface area contributed by atoms with Crippen molar-refractivity contribution in [1.29, 1.82) is 0 Å². The van der Waals surface area contributed by atoms with Gasteiger partial charge in [-0.1, -0.05) is 0 Å². The number of fused-ring (bicyclic) bond motifs is 1. The van der Waals surface area contributed by atoms with Crippen molar-refractivity contribution >= 4 is 10.9 Å². The van der Waals surface area contributed by atoms with Crippen LogP contribution in [0.2, 0.25) is 0 Å². The second kappa shape index (κ2) is 3.18. The predicted molar refractivity (Wildman–Crippen MR) is 49.6 cm³/mol. The van der Waals surface area contributed by atoms with Gasteiger partial charge in [-0.05, 0) is 24.3 Å². The smallest absolute Gasteiger partial charge is 0.406 e. The molecule has 2 nitrogen and oxygen atoms in total. The molecule has 0 radical (unpaired) electrons. The maximum absolute atomic E-state index is 11.9. The zero-order valence-electron chi connectivity index (χ0n) is 7.88. The van der Waals surface area contributed by atoms with Crippen LogP contribution in [0.4, 0.5) is 13.2 Å². The van der Waals surface area contributed by atoms with Crippen molar-refractivity contribution in [1.82, 2.24) is 4.57 Å². The van der Waals surface area contributed by atoms with E-state index in [1.807, 2.05) is 11.6 Å². The largest absolute Gasteiger partial charge is 0.573 e. The van der Waals surface area contributed by atoms with Crippen molar-refractivity contribution in [3.8, 4) is 5.75 Å². The number of hydrogen-bond acceptors (Lipinski definition) is 1. The van der Waals surface area contributed by atoms with E-state index in [1.165, 1.54) is 12.1 Å². The monoisotopic (exact) mass is 215 g/mol. The van der Waals surface area contributed by atoms with Crippen molar-refractivity contribution in [3.63, 3.8) is 0 Å². The van der Waals surface area contributed by atoms with Gasteiger partial charge < -0.3 is 9.30 Å². The average Bonchev–Trinajstić information content (AvgIpc) is 2.45. The lowest BCUT2D eigenvalue weighted by Crippen LogP contribution is -2.16. The quantitative estimate of drug-likeness (QED) is 0.713. The van der Waals surface area contributed by atoms with Gasteiger partial charge in [0, 0.05) is 24.1 Å². The highest BCUT2D eigenvalue weighted by atomic mass is 19.4.